The Kier molecular flexibility index (Phi) is 6.09. The van der Waals surface area contributed by atoms with Crippen molar-refractivity contribution in [3.8, 4) is 0 Å². The molecule has 1 unspecified atom stereocenters. The number of hydrogen-bond acceptors (Lipinski definition) is 4. The topological polar surface area (TPSA) is 70.8 Å². The summed E-state index contributed by atoms with van der Waals surface area (Å²) in [5, 5.41) is 12.4. The number of carbonyl (C=O) groups is 2. The molecule has 3 aromatic carbocycles. The van der Waals surface area contributed by atoms with E-state index < -0.39 is 23.5 Å². The summed E-state index contributed by atoms with van der Waals surface area (Å²) in [4.78, 5) is 28.1. The van der Waals surface area contributed by atoms with Crippen LogP contribution in [0.2, 0.25) is 10.0 Å². The van der Waals surface area contributed by atoms with Crippen LogP contribution in [0.1, 0.15) is 27.7 Å². The van der Waals surface area contributed by atoms with E-state index in [0.29, 0.717) is 33.0 Å². The Balaban J connectivity index is 1.53. The molecule has 1 N–H and O–H groups in total. The average Bonchev–Trinajstić information content (AvgIpc) is 3.37. The molecule has 1 atom stereocenters. The first-order chi connectivity index (χ1) is 16.8. The lowest BCUT2D eigenvalue weighted by atomic mass is 9.95. The van der Waals surface area contributed by atoms with Crippen molar-refractivity contribution < 1.29 is 23.5 Å². The van der Waals surface area contributed by atoms with E-state index in [9.17, 15) is 19.1 Å². The number of hydrogen-bond donors (Lipinski definition) is 1. The highest BCUT2D eigenvalue weighted by Crippen LogP contribution is 2.40. The summed E-state index contributed by atoms with van der Waals surface area (Å²) in [5.74, 6) is -2.28. The molecule has 1 aliphatic rings. The summed E-state index contributed by atoms with van der Waals surface area (Å²) >= 11 is 12.1. The van der Waals surface area contributed by atoms with Gasteiger partial charge in [-0.05, 0) is 66.1 Å². The lowest BCUT2D eigenvalue weighted by Crippen LogP contribution is -2.33. The Morgan fingerprint density at radius 1 is 0.971 bits per heavy atom. The maximum absolute atomic E-state index is 13.6. The van der Waals surface area contributed by atoms with E-state index in [4.69, 9.17) is 27.6 Å². The molecule has 5 rings (SSSR count). The zero-order chi connectivity index (χ0) is 24.7. The van der Waals surface area contributed by atoms with Gasteiger partial charge in [0, 0.05) is 22.0 Å². The average molecular weight is 510 g/mol. The van der Waals surface area contributed by atoms with Crippen LogP contribution in [0, 0.1) is 5.82 Å². The van der Waals surface area contributed by atoms with Crippen LogP contribution >= 0.6 is 23.2 Å². The maximum atomic E-state index is 13.6. The molecule has 0 saturated carbocycles. The largest absolute Gasteiger partial charge is 0.503 e. The molecule has 0 aliphatic carbocycles. The van der Waals surface area contributed by atoms with E-state index in [2.05, 4.69) is 0 Å². The van der Waals surface area contributed by atoms with Crippen LogP contribution in [0.15, 0.2) is 88.5 Å². The fraction of sp³-hybridized carbons (Fsp3) is 0.111. The van der Waals surface area contributed by atoms with E-state index >= 15 is 0 Å². The van der Waals surface area contributed by atoms with Crippen molar-refractivity contribution in [3.63, 3.8) is 0 Å². The van der Waals surface area contributed by atoms with Crippen molar-refractivity contribution in [2.45, 2.75) is 12.5 Å². The predicted octanol–water partition coefficient (Wildman–Crippen LogP) is 6.70. The number of halogens is 3. The summed E-state index contributed by atoms with van der Waals surface area (Å²) in [6.45, 7) is 0.189. The number of Topliss-reactive ketones (excluding diaryl/α,β-unsaturated/α-hetero) is 1. The second kappa shape index (κ2) is 9.21. The van der Waals surface area contributed by atoms with E-state index in [1.54, 1.807) is 54.6 Å². The van der Waals surface area contributed by atoms with Crippen molar-refractivity contribution in [2.24, 2.45) is 0 Å². The normalized spacial score (nSPS) is 15.9. The maximum Gasteiger partial charge on any atom is 0.290 e. The van der Waals surface area contributed by atoms with Gasteiger partial charge in [0.25, 0.3) is 5.91 Å². The number of benzene rings is 3. The highest BCUT2D eigenvalue weighted by Gasteiger charge is 2.44. The fourth-order valence-electron chi connectivity index (χ4n) is 4.27. The number of amides is 1. The minimum atomic E-state index is -0.857. The van der Waals surface area contributed by atoms with Crippen molar-refractivity contribution >= 4 is 45.9 Å². The van der Waals surface area contributed by atoms with Crippen molar-refractivity contribution in [1.29, 1.82) is 0 Å². The van der Waals surface area contributed by atoms with Crippen molar-refractivity contribution in [1.82, 2.24) is 4.90 Å². The van der Waals surface area contributed by atoms with Crippen LogP contribution in [0.5, 0.6) is 0 Å². The second-order valence-electron chi connectivity index (χ2n) is 8.21. The Bertz CT molecular complexity index is 1480. The first-order valence-corrected chi connectivity index (χ1v) is 11.6. The van der Waals surface area contributed by atoms with Gasteiger partial charge in [-0.1, -0.05) is 47.5 Å². The number of aliphatic hydroxyl groups is 1. The zero-order valence-electron chi connectivity index (χ0n) is 18.2. The molecule has 0 bridgehead atoms. The van der Waals surface area contributed by atoms with E-state index in [1.165, 1.54) is 23.1 Å². The molecule has 0 fully saturated rings. The van der Waals surface area contributed by atoms with Gasteiger partial charge >= 0.3 is 0 Å². The Labute approximate surface area is 210 Å². The monoisotopic (exact) mass is 509 g/mol. The molecule has 4 aromatic rings. The van der Waals surface area contributed by atoms with Crippen LogP contribution in [-0.4, -0.2) is 28.2 Å². The minimum absolute atomic E-state index is 0.0176. The molecule has 2 heterocycles. The highest BCUT2D eigenvalue weighted by atomic mass is 35.5. The molecule has 5 nitrogen and oxygen atoms in total. The molecular formula is C27H18Cl2FNO4. The van der Waals surface area contributed by atoms with Gasteiger partial charge in [0.2, 0.25) is 5.78 Å². The number of ketones is 1. The Morgan fingerprint density at radius 2 is 1.66 bits per heavy atom. The molecule has 1 aliphatic heterocycles. The lowest BCUT2D eigenvalue weighted by molar-refractivity contribution is -0.129. The predicted molar refractivity (Wildman–Crippen MR) is 131 cm³/mol. The fourth-order valence-corrected chi connectivity index (χ4v) is 4.57. The van der Waals surface area contributed by atoms with Gasteiger partial charge in [0.05, 0.1) is 11.6 Å². The standard InChI is InChI=1S/C27H18Cl2FNO4/c28-18-5-3-16(4-6-18)24-23(25(32)22-14-17-13-19(29)7-10-21(17)35-22)26(33)27(34)31(24)12-11-15-1-8-20(30)9-2-15/h1-10,13-14,24,33H,11-12H2. The highest BCUT2D eigenvalue weighted by molar-refractivity contribution is 6.31. The summed E-state index contributed by atoms with van der Waals surface area (Å²) < 4.78 is 19.0. The van der Waals surface area contributed by atoms with Gasteiger partial charge in [-0.2, -0.15) is 0 Å². The first-order valence-electron chi connectivity index (χ1n) is 10.8. The van der Waals surface area contributed by atoms with E-state index in [1.807, 2.05) is 0 Å². The van der Waals surface area contributed by atoms with Gasteiger partial charge in [0.1, 0.15) is 11.4 Å². The van der Waals surface area contributed by atoms with Crippen molar-refractivity contribution in [2.75, 3.05) is 6.54 Å². The smallest absolute Gasteiger partial charge is 0.290 e. The third-order valence-electron chi connectivity index (χ3n) is 5.99. The van der Waals surface area contributed by atoms with Gasteiger partial charge in [0.15, 0.2) is 11.5 Å². The minimum Gasteiger partial charge on any atom is -0.503 e. The van der Waals surface area contributed by atoms with Crippen LogP contribution in [0.25, 0.3) is 11.0 Å². The first kappa shape index (κ1) is 23.1. The Morgan fingerprint density at radius 3 is 2.37 bits per heavy atom. The molecule has 0 radical (unpaired) electrons. The molecule has 1 aromatic heterocycles. The number of rotatable bonds is 6. The van der Waals surface area contributed by atoms with Gasteiger partial charge < -0.3 is 14.4 Å². The van der Waals surface area contributed by atoms with Gasteiger partial charge in [-0.25, -0.2) is 4.39 Å². The SMILES string of the molecule is O=C(C1=C(O)C(=O)N(CCc2ccc(F)cc2)C1c1ccc(Cl)cc1)c1cc2cc(Cl)ccc2o1. The molecule has 0 spiro atoms. The van der Waals surface area contributed by atoms with Gasteiger partial charge in [-0.3, -0.25) is 9.59 Å². The molecule has 35 heavy (non-hydrogen) atoms. The summed E-state index contributed by atoms with van der Waals surface area (Å²) in [6, 6.07) is 18.3. The number of carbonyl (C=O) groups excluding carboxylic acids is 2. The van der Waals surface area contributed by atoms with Crippen LogP contribution in [0.3, 0.4) is 0 Å². The second-order valence-corrected chi connectivity index (χ2v) is 9.09. The number of furan rings is 1. The molecule has 176 valence electrons. The van der Waals surface area contributed by atoms with E-state index in [0.717, 1.165) is 5.56 Å². The lowest BCUT2D eigenvalue weighted by Gasteiger charge is -2.26. The number of nitrogens with zero attached hydrogens (tertiary/aromatic N) is 1. The number of fused-ring (bicyclic) bond motifs is 1. The van der Waals surface area contributed by atoms with Crippen LogP contribution in [-0.2, 0) is 11.2 Å². The quantitative estimate of drug-likeness (QED) is 0.293. The third kappa shape index (κ3) is 4.43. The molecule has 0 saturated heterocycles. The Hall–Kier alpha value is -3.61. The van der Waals surface area contributed by atoms with Crippen LogP contribution in [0.4, 0.5) is 4.39 Å². The van der Waals surface area contributed by atoms with Crippen molar-refractivity contribution in [3.05, 3.63) is 117 Å². The summed E-state index contributed by atoms with van der Waals surface area (Å²) in [6.07, 6.45) is 0.397. The van der Waals surface area contributed by atoms with Gasteiger partial charge in [-0.15, -0.1) is 0 Å². The molecular weight excluding hydrogens is 492 g/mol. The van der Waals surface area contributed by atoms with Crippen LogP contribution < -0.4 is 0 Å². The zero-order valence-corrected chi connectivity index (χ0v) is 19.7. The molecule has 8 heteroatoms. The third-order valence-corrected chi connectivity index (χ3v) is 6.48. The van der Waals surface area contributed by atoms with E-state index in [-0.39, 0.29) is 23.7 Å². The molecule has 1 amide bonds. The summed E-state index contributed by atoms with van der Waals surface area (Å²) in [7, 11) is 0. The summed E-state index contributed by atoms with van der Waals surface area (Å²) in [5.41, 5.74) is 1.79. The number of aliphatic hydroxyl groups excluding tert-OH is 1.